The molecule has 21 heavy (non-hydrogen) atoms. The van der Waals surface area contributed by atoms with Crippen LogP contribution in [0.25, 0.3) is 0 Å². The van der Waals surface area contributed by atoms with Gasteiger partial charge in [0, 0.05) is 6.54 Å². The van der Waals surface area contributed by atoms with Crippen molar-refractivity contribution in [3.05, 3.63) is 57.0 Å². The van der Waals surface area contributed by atoms with E-state index in [2.05, 4.69) is 29.5 Å². The normalized spacial score (nSPS) is 10.9. The highest BCUT2D eigenvalue weighted by Gasteiger charge is 2.10. The smallest absolute Gasteiger partial charge is 0.287 e. The lowest BCUT2D eigenvalue weighted by molar-refractivity contribution is 0.503. The van der Waals surface area contributed by atoms with E-state index < -0.39 is 0 Å². The minimum absolute atomic E-state index is 0.00369. The number of halogens is 1. The first kappa shape index (κ1) is 15.6. The van der Waals surface area contributed by atoms with Gasteiger partial charge in [-0.1, -0.05) is 35.9 Å². The van der Waals surface area contributed by atoms with Crippen molar-refractivity contribution < 1.29 is 0 Å². The largest absolute Gasteiger partial charge is 0.382 e. The first-order chi connectivity index (χ1) is 10.0. The maximum atomic E-state index is 12.0. The van der Waals surface area contributed by atoms with Crippen molar-refractivity contribution in [2.24, 2.45) is 0 Å². The Kier molecular flexibility index (Phi) is 5.02. The van der Waals surface area contributed by atoms with E-state index in [0.717, 1.165) is 6.42 Å². The van der Waals surface area contributed by atoms with E-state index in [-0.39, 0.29) is 16.6 Å². The summed E-state index contributed by atoms with van der Waals surface area (Å²) in [4.78, 5) is 12.0. The number of anilines is 1. The van der Waals surface area contributed by atoms with Crippen LogP contribution in [0.5, 0.6) is 0 Å². The molecule has 0 radical (unpaired) electrons. The summed E-state index contributed by atoms with van der Waals surface area (Å²) < 4.78 is 1.38. The van der Waals surface area contributed by atoms with E-state index in [1.807, 2.05) is 26.0 Å². The fourth-order valence-electron chi connectivity index (χ4n) is 2.16. The molecule has 1 N–H and O–H groups in total. The molecule has 5 heteroatoms. The van der Waals surface area contributed by atoms with Crippen molar-refractivity contribution in [1.82, 2.24) is 9.78 Å². The Labute approximate surface area is 129 Å². The maximum absolute atomic E-state index is 12.0. The topological polar surface area (TPSA) is 46.9 Å². The number of aryl methyl sites for hydroxylation is 1. The van der Waals surface area contributed by atoms with Crippen molar-refractivity contribution in [2.75, 3.05) is 11.9 Å². The molecule has 0 aliphatic carbocycles. The molecule has 0 saturated heterocycles. The van der Waals surface area contributed by atoms with Crippen molar-refractivity contribution in [1.29, 1.82) is 0 Å². The third-order valence-electron chi connectivity index (χ3n) is 3.40. The number of nitrogens with zero attached hydrogens (tertiary/aromatic N) is 2. The van der Waals surface area contributed by atoms with Crippen LogP contribution in [-0.2, 0) is 6.42 Å². The van der Waals surface area contributed by atoms with Gasteiger partial charge in [-0.2, -0.15) is 5.10 Å². The minimum Gasteiger partial charge on any atom is -0.382 e. The third kappa shape index (κ3) is 3.64. The predicted molar refractivity (Wildman–Crippen MR) is 87.3 cm³/mol. The zero-order valence-electron chi connectivity index (χ0n) is 12.6. The van der Waals surface area contributed by atoms with Crippen LogP contribution in [0.1, 0.15) is 31.0 Å². The fraction of sp³-hybridized carbons (Fsp3) is 0.375. The van der Waals surface area contributed by atoms with E-state index in [9.17, 15) is 4.79 Å². The predicted octanol–water partition coefficient (Wildman–Crippen LogP) is 3.44. The van der Waals surface area contributed by atoms with Gasteiger partial charge in [0.2, 0.25) is 0 Å². The highest BCUT2D eigenvalue weighted by atomic mass is 35.5. The molecule has 2 aromatic rings. The number of nitrogens with one attached hydrogen (secondary N) is 1. The highest BCUT2D eigenvalue weighted by molar-refractivity contribution is 6.32. The van der Waals surface area contributed by atoms with Gasteiger partial charge in [-0.05, 0) is 38.3 Å². The average Bonchev–Trinajstić information content (AvgIpc) is 2.45. The number of rotatable bonds is 5. The lowest BCUT2D eigenvalue weighted by Crippen LogP contribution is -2.26. The van der Waals surface area contributed by atoms with Gasteiger partial charge in [0.1, 0.15) is 5.02 Å². The summed E-state index contributed by atoms with van der Waals surface area (Å²) in [6.07, 6.45) is 2.48. The summed E-state index contributed by atoms with van der Waals surface area (Å²) in [6, 6.07) is 8.25. The number of benzene rings is 1. The monoisotopic (exact) mass is 305 g/mol. The van der Waals surface area contributed by atoms with Gasteiger partial charge in [0.05, 0.1) is 17.9 Å². The van der Waals surface area contributed by atoms with E-state index in [0.29, 0.717) is 12.2 Å². The molecule has 0 amide bonds. The van der Waals surface area contributed by atoms with Crippen molar-refractivity contribution in [2.45, 2.75) is 33.2 Å². The molecule has 2 rings (SSSR count). The second-order valence-corrected chi connectivity index (χ2v) is 5.70. The molecule has 0 bridgehead atoms. The van der Waals surface area contributed by atoms with Crippen LogP contribution in [0.2, 0.25) is 5.02 Å². The lowest BCUT2D eigenvalue weighted by Gasteiger charge is -2.12. The molecule has 0 atom stereocenters. The Bertz CT molecular complexity index is 679. The molecule has 112 valence electrons. The molecule has 0 aliphatic heterocycles. The molecule has 1 aromatic heterocycles. The van der Waals surface area contributed by atoms with Crippen LogP contribution in [-0.4, -0.2) is 16.3 Å². The summed E-state index contributed by atoms with van der Waals surface area (Å²) in [5.41, 5.74) is 2.88. The molecule has 1 aromatic carbocycles. The number of aromatic nitrogens is 2. The molecule has 0 aliphatic rings. The molecular weight excluding hydrogens is 286 g/mol. The van der Waals surface area contributed by atoms with Gasteiger partial charge < -0.3 is 5.32 Å². The second-order valence-electron chi connectivity index (χ2n) is 5.32. The quantitative estimate of drug-likeness (QED) is 0.920. The average molecular weight is 306 g/mol. The molecule has 0 unspecified atom stereocenters. The first-order valence-corrected chi connectivity index (χ1v) is 7.44. The van der Waals surface area contributed by atoms with E-state index in [1.54, 1.807) is 6.20 Å². The van der Waals surface area contributed by atoms with Crippen LogP contribution < -0.4 is 10.9 Å². The van der Waals surface area contributed by atoms with Gasteiger partial charge in [-0.25, -0.2) is 4.68 Å². The van der Waals surface area contributed by atoms with E-state index in [4.69, 9.17) is 11.6 Å². The van der Waals surface area contributed by atoms with Gasteiger partial charge in [0.15, 0.2) is 0 Å². The van der Waals surface area contributed by atoms with Crippen LogP contribution in [0.4, 0.5) is 5.69 Å². The van der Waals surface area contributed by atoms with Crippen molar-refractivity contribution in [3.8, 4) is 0 Å². The molecule has 4 nitrogen and oxygen atoms in total. The lowest BCUT2D eigenvalue weighted by atomic mass is 10.1. The van der Waals surface area contributed by atoms with Gasteiger partial charge in [-0.15, -0.1) is 0 Å². The van der Waals surface area contributed by atoms with Gasteiger partial charge in [0.25, 0.3) is 5.56 Å². The van der Waals surface area contributed by atoms with Crippen LogP contribution in [0, 0.1) is 6.92 Å². The van der Waals surface area contributed by atoms with Crippen molar-refractivity contribution in [3.63, 3.8) is 0 Å². The summed E-state index contributed by atoms with van der Waals surface area (Å²) in [6.45, 7) is 6.59. The first-order valence-electron chi connectivity index (χ1n) is 7.06. The third-order valence-corrected chi connectivity index (χ3v) is 3.77. The molecule has 0 spiro atoms. The minimum atomic E-state index is -0.257. The Balaban J connectivity index is 2.06. The zero-order chi connectivity index (χ0) is 15.4. The molecular formula is C16H20ClN3O. The highest BCUT2D eigenvalue weighted by Crippen LogP contribution is 2.16. The Hall–Kier alpha value is -1.81. The summed E-state index contributed by atoms with van der Waals surface area (Å²) in [5.74, 6) is 0. The standard InChI is InChI=1S/C16H20ClN3O/c1-11(2)20-16(21)15(17)14(10-19-20)18-9-8-13-7-5-4-6-12(13)3/h4-7,10-11,18H,8-9H2,1-3H3. The second kappa shape index (κ2) is 6.76. The number of hydrogen-bond acceptors (Lipinski definition) is 3. The molecule has 0 saturated carbocycles. The van der Waals surface area contributed by atoms with Crippen molar-refractivity contribution >= 4 is 17.3 Å². The van der Waals surface area contributed by atoms with Crippen LogP contribution >= 0.6 is 11.6 Å². The maximum Gasteiger partial charge on any atom is 0.287 e. The van der Waals surface area contributed by atoms with Crippen LogP contribution in [0.3, 0.4) is 0 Å². The zero-order valence-corrected chi connectivity index (χ0v) is 13.3. The Morgan fingerprint density at radius 2 is 2.05 bits per heavy atom. The van der Waals surface area contributed by atoms with Gasteiger partial charge in [-0.3, -0.25) is 4.79 Å². The number of hydrogen-bond donors (Lipinski definition) is 1. The van der Waals surface area contributed by atoms with E-state index in [1.165, 1.54) is 15.8 Å². The SMILES string of the molecule is Cc1ccccc1CCNc1cnn(C(C)C)c(=O)c1Cl. The fourth-order valence-corrected chi connectivity index (χ4v) is 2.36. The summed E-state index contributed by atoms with van der Waals surface area (Å²) in [5, 5.41) is 7.52. The summed E-state index contributed by atoms with van der Waals surface area (Å²) >= 11 is 6.12. The van der Waals surface area contributed by atoms with Gasteiger partial charge >= 0.3 is 0 Å². The van der Waals surface area contributed by atoms with E-state index >= 15 is 0 Å². The Morgan fingerprint density at radius 1 is 1.33 bits per heavy atom. The molecule has 1 heterocycles. The molecule has 0 fully saturated rings. The van der Waals surface area contributed by atoms with Crippen LogP contribution in [0.15, 0.2) is 35.3 Å². The summed E-state index contributed by atoms with van der Waals surface area (Å²) in [7, 11) is 0. The Morgan fingerprint density at radius 3 is 2.71 bits per heavy atom.